The lowest BCUT2D eigenvalue weighted by atomic mass is 9.94. The molecule has 0 N–H and O–H groups in total. The number of aromatic nitrogens is 4. The summed E-state index contributed by atoms with van der Waals surface area (Å²) in [4.78, 5) is 9.85. The van der Waals surface area contributed by atoms with Gasteiger partial charge in [0.1, 0.15) is 0 Å². The Morgan fingerprint density at radius 1 is 0.553 bits per heavy atom. The molecule has 0 radical (unpaired) electrons. The summed E-state index contributed by atoms with van der Waals surface area (Å²) < 4.78 is 4.77. The summed E-state index contributed by atoms with van der Waals surface area (Å²) in [5.41, 5.74) is 9.91. The first-order valence-corrected chi connectivity index (χ1v) is 13.4. The molecule has 4 heteroatoms. The summed E-state index contributed by atoms with van der Waals surface area (Å²) >= 11 is 0. The Labute approximate surface area is 220 Å². The number of hydrogen-bond donors (Lipinski definition) is 0. The van der Waals surface area contributed by atoms with Crippen molar-refractivity contribution in [3.63, 3.8) is 0 Å². The van der Waals surface area contributed by atoms with Gasteiger partial charge in [0.2, 0.25) is 5.95 Å². The van der Waals surface area contributed by atoms with Crippen LogP contribution in [0.15, 0.2) is 109 Å². The summed E-state index contributed by atoms with van der Waals surface area (Å²) in [5.74, 6) is 0.709. The zero-order valence-corrected chi connectivity index (χ0v) is 21.0. The van der Waals surface area contributed by atoms with Crippen LogP contribution in [0.25, 0.3) is 55.5 Å². The van der Waals surface area contributed by atoms with Gasteiger partial charge in [-0.2, -0.15) is 0 Å². The number of fused-ring (bicyclic) bond motifs is 7. The van der Waals surface area contributed by atoms with Crippen molar-refractivity contribution in [3.05, 3.63) is 121 Å². The molecular formula is C34H26N4. The molecule has 0 spiro atoms. The zero-order valence-electron chi connectivity index (χ0n) is 21.0. The lowest BCUT2D eigenvalue weighted by molar-refractivity contribution is 0.667. The fourth-order valence-corrected chi connectivity index (χ4v) is 6.38. The Balaban J connectivity index is 1.47. The van der Waals surface area contributed by atoms with Crippen molar-refractivity contribution in [1.29, 1.82) is 0 Å². The van der Waals surface area contributed by atoms with Crippen molar-refractivity contribution < 1.29 is 0 Å². The van der Waals surface area contributed by atoms with Crippen LogP contribution in [0, 0.1) is 0 Å². The third-order valence-corrected chi connectivity index (χ3v) is 8.03. The molecule has 0 aliphatic heterocycles. The van der Waals surface area contributed by atoms with Crippen LogP contribution in [0.1, 0.15) is 24.1 Å². The summed E-state index contributed by atoms with van der Waals surface area (Å²) in [6, 6.07) is 34.4. The van der Waals surface area contributed by atoms with E-state index in [1.54, 1.807) is 0 Å². The molecule has 8 rings (SSSR count). The number of aryl methyl sites for hydroxylation is 1. The van der Waals surface area contributed by atoms with Gasteiger partial charge in [-0.15, -0.1) is 0 Å². The van der Waals surface area contributed by atoms with Gasteiger partial charge in [0, 0.05) is 45.5 Å². The lowest BCUT2D eigenvalue weighted by Gasteiger charge is -2.16. The molecule has 0 fully saturated rings. The van der Waals surface area contributed by atoms with Crippen molar-refractivity contribution >= 4 is 32.7 Å². The molecule has 3 heterocycles. The molecular weight excluding hydrogens is 464 g/mol. The molecule has 7 aromatic rings. The first-order valence-electron chi connectivity index (χ1n) is 13.4. The highest BCUT2D eigenvalue weighted by Gasteiger charge is 2.26. The molecule has 0 atom stereocenters. The third kappa shape index (κ3) is 3.10. The maximum Gasteiger partial charge on any atom is 0.234 e. The molecule has 0 amide bonds. The van der Waals surface area contributed by atoms with E-state index < -0.39 is 0 Å². The van der Waals surface area contributed by atoms with Gasteiger partial charge in [0.05, 0.1) is 16.6 Å². The first kappa shape index (κ1) is 21.4. The van der Waals surface area contributed by atoms with Crippen LogP contribution in [-0.2, 0) is 12.8 Å². The van der Waals surface area contributed by atoms with E-state index in [1.165, 1.54) is 57.0 Å². The van der Waals surface area contributed by atoms with Crippen LogP contribution in [0.3, 0.4) is 0 Å². The summed E-state index contributed by atoms with van der Waals surface area (Å²) in [6.45, 7) is 0. The maximum atomic E-state index is 4.93. The summed E-state index contributed by atoms with van der Waals surface area (Å²) in [6.07, 6.45) is 8.54. The summed E-state index contributed by atoms with van der Waals surface area (Å²) in [5, 5.41) is 3.83. The Bertz CT molecular complexity index is 1950. The minimum absolute atomic E-state index is 0.709. The minimum Gasteiger partial charge on any atom is -0.313 e. The molecule has 3 aromatic heterocycles. The number of para-hydroxylation sites is 2. The van der Waals surface area contributed by atoms with Crippen molar-refractivity contribution in [2.45, 2.75) is 25.7 Å². The molecule has 0 saturated heterocycles. The van der Waals surface area contributed by atoms with Crippen LogP contribution >= 0.6 is 0 Å². The number of hydrogen-bond acceptors (Lipinski definition) is 2. The molecule has 4 aromatic carbocycles. The molecule has 1 aliphatic rings. The molecule has 0 bridgehead atoms. The van der Waals surface area contributed by atoms with E-state index in [0.717, 1.165) is 29.5 Å². The van der Waals surface area contributed by atoms with E-state index in [-0.39, 0.29) is 0 Å². The van der Waals surface area contributed by atoms with E-state index in [0.29, 0.717) is 5.95 Å². The fourth-order valence-electron chi connectivity index (χ4n) is 6.38. The molecule has 38 heavy (non-hydrogen) atoms. The number of rotatable bonds is 3. The van der Waals surface area contributed by atoms with Crippen LogP contribution in [0.4, 0.5) is 0 Å². The summed E-state index contributed by atoms with van der Waals surface area (Å²) in [7, 11) is 0. The highest BCUT2D eigenvalue weighted by atomic mass is 15.2. The van der Waals surface area contributed by atoms with Crippen molar-refractivity contribution in [3.8, 4) is 22.8 Å². The van der Waals surface area contributed by atoms with Gasteiger partial charge < -0.3 is 4.57 Å². The standard InChI is InChI=1S/C34H26N4/c1-3-11-23(12-4-1)24-21-35-34(36-22-24)38-29-17-9-7-15-26(29)27-19-20-31-32(33(27)38)28-16-8-10-18-30(28)37(31)25-13-5-2-6-14-25/h1-7,9,11-15,17,19-22H,8,10,16,18H2. The molecule has 1 aliphatic carbocycles. The lowest BCUT2D eigenvalue weighted by Crippen LogP contribution is -2.06. The monoisotopic (exact) mass is 490 g/mol. The molecule has 182 valence electrons. The van der Waals surface area contributed by atoms with E-state index in [4.69, 9.17) is 9.97 Å². The fraction of sp³-hybridized carbons (Fsp3) is 0.118. The third-order valence-electron chi connectivity index (χ3n) is 8.03. The van der Waals surface area contributed by atoms with Crippen molar-refractivity contribution in [2.24, 2.45) is 0 Å². The van der Waals surface area contributed by atoms with Gasteiger partial charge >= 0.3 is 0 Å². The second-order valence-electron chi connectivity index (χ2n) is 10.1. The van der Waals surface area contributed by atoms with Crippen LogP contribution in [0.2, 0.25) is 0 Å². The van der Waals surface area contributed by atoms with Gasteiger partial charge in [-0.05, 0) is 61.1 Å². The highest BCUT2D eigenvalue weighted by molar-refractivity contribution is 6.19. The molecule has 0 saturated carbocycles. The smallest absolute Gasteiger partial charge is 0.234 e. The van der Waals surface area contributed by atoms with Gasteiger partial charge in [0.25, 0.3) is 0 Å². The average molecular weight is 491 g/mol. The zero-order chi connectivity index (χ0) is 25.1. The molecule has 0 unspecified atom stereocenters. The number of nitrogens with zero attached hydrogens (tertiary/aromatic N) is 4. The predicted octanol–water partition coefficient (Wildman–Crippen LogP) is 8.06. The van der Waals surface area contributed by atoms with E-state index in [1.807, 2.05) is 30.6 Å². The van der Waals surface area contributed by atoms with E-state index in [9.17, 15) is 0 Å². The molecule has 4 nitrogen and oxygen atoms in total. The van der Waals surface area contributed by atoms with Gasteiger partial charge in [-0.3, -0.25) is 4.57 Å². The average Bonchev–Trinajstić information content (AvgIpc) is 3.51. The largest absolute Gasteiger partial charge is 0.313 e. The second kappa shape index (κ2) is 8.42. The van der Waals surface area contributed by atoms with E-state index in [2.05, 4.69) is 88.0 Å². The maximum absolute atomic E-state index is 4.93. The van der Waals surface area contributed by atoms with E-state index >= 15 is 0 Å². The Morgan fingerprint density at radius 2 is 1.26 bits per heavy atom. The van der Waals surface area contributed by atoms with Crippen LogP contribution < -0.4 is 0 Å². The quantitative estimate of drug-likeness (QED) is 0.251. The normalized spacial score (nSPS) is 13.4. The Kier molecular flexibility index (Phi) is 4.74. The second-order valence-corrected chi connectivity index (χ2v) is 10.1. The topological polar surface area (TPSA) is 35.6 Å². The highest BCUT2D eigenvalue weighted by Crippen LogP contribution is 2.42. The number of benzene rings is 4. The van der Waals surface area contributed by atoms with Gasteiger partial charge in [0.15, 0.2) is 0 Å². The SMILES string of the molecule is c1ccc(-c2cnc(-n3c4ccccc4c4ccc5c(c6c(n5-c5ccccc5)CCCC6)c43)nc2)cc1. The Morgan fingerprint density at radius 3 is 2.08 bits per heavy atom. The van der Waals surface area contributed by atoms with Crippen molar-refractivity contribution in [1.82, 2.24) is 19.1 Å². The van der Waals surface area contributed by atoms with Gasteiger partial charge in [-0.1, -0.05) is 72.8 Å². The predicted molar refractivity (Wildman–Crippen MR) is 155 cm³/mol. The Hall–Kier alpha value is -4.70. The minimum atomic E-state index is 0.709. The van der Waals surface area contributed by atoms with Crippen LogP contribution in [-0.4, -0.2) is 19.1 Å². The van der Waals surface area contributed by atoms with Crippen LogP contribution in [0.5, 0.6) is 0 Å². The van der Waals surface area contributed by atoms with Gasteiger partial charge in [-0.25, -0.2) is 9.97 Å². The van der Waals surface area contributed by atoms with Crippen molar-refractivity contribution in [2.75, 3.05) is 0 Å². The first-order chi connectivity index (χ1) is 18.9.